The van der Waals surface area contributed by atoms with Gasteiger partial charge in [0.05, 0.1) is 12.8 Å². The van der Waals surface area contributed by atoms with E-state index in [0.29, 0.717) is 5.56 Å². The Labute approximate surface area is 108 Å². The minimum atomic E-state index is -1.38. The SMILES string of the molecule is NC(=O)C[C@H](NC(=O)Cc1cccc(F)c1)C(=O)O. The molecule has 0 aliphatic carbocycles. The lowest BCUT2D eigenvalue weighted by atomic mass is 10.1. The molecule has 0 radical (unpaired) electrons. The number of amides is 2. The van der Waals surface area contributed by atoms with Crippen molar-refractivity contribution in [1.82, 2.24) is 5.32 Å². The average molecular weight is 268 g/mol. The molecule has 0 aromatic heterocycles. The number of nitrogens with one attached hydrogen (secondary N) is 1. The molecule has 0 bridgehead atoms. The third-order valence-electron chi connectivity index (χ3n) is 2.29. The summed E-state index contributed by atoms with van der Waals surface area (Å²) in [6.07, 6.45) is -0.676. The first-order valence-electron chi connectivity index (χ1n) is 5.43. The lowest BCUT2D eigenvalue weighted by Gasteiger charge is -2.12. The second-order valence-electron chi connectivity index (χ2n) is 3.94. The van der Waals surface area contributed by atoms with Crippen LogP contribution in [0.25, 0.3) is 0 Å². The summed E-state index contributed by atoms with van der Waals surface area (Å²) < 4.78 is 12.9. The molecule has 6 nitrogen and oxygen atoms in total. The van der Waals surface area contributed by atoms with Crippen LogP contribution in [0.4, 0.5) is 4.39 Å². The van der Waals surface area contributed by atoms with Crippen molar-refractivity contribution in [1.29, 1.82) is 0 Å². The first-order chi connectivity index (χ1) is 8.88. The number of aliphatic carboxylic acids is 1. The molecule has 0 fully saturated rings. The van der Waals surface area contributed by atoms with Gasteiger partial charge in [-0.3, -0.25) is 9.59 Å². The molecule has 102 valence electrons. The summed E-state index contributed by atoms with van der Waals surface area (Å²) in [6.45, 7) is 0. The van der Waals surface area contributed by atoms with Crippen LogP contribution in [-0.4, -0.2) is 28.9 Å². The van der Waals surface area contributed by atoms with Crippen LogP contribution in [0.15, 0.2) is 24.3 Å². The number of hydrogen-bond donors (Lipinski definition) is 3. The number of nitrogens with two attached hydrogens (primary N) is 1. The number of halogens is 1. The Morgan fingerprint density at radius 2 is 2.05 bits per heavy atom. The average Bonchev–Trinajstić information content (AvgIpc) is 2.27. The minimum Gasteiger partial charge on any atom is -0.480 e. The Bertz CT molecular complexity index is 504. The Hall–Kier alpha value is -2.44. The molecule has 4 N–H and O–H groups in total. The van der Waals surface area contributed by atoms with Crippen molar-refractivity contribution in [2.45, 2.75) is 18.9 Å². The quantitative estimate of drug-likeness (QED) is 0.664. The summed E-state index contributed by atoms with van der Waals surface area (Å²) in [5, 5.41) is 11.0. The summed E-state index contributed by atoms with van der Waals surface area (Å²) in [5.74, 6) is -3.30. The first-order valence-corrected chi connectivity index (χ1v) is 5.43. The number of carboxylic acids is 1. The van der Waals surface area contributed by atoms with Gasteiger partial charge >= 0.3 is 5.97 Å². The number of hydrogen-bond acceptors (Lipinski definition) is 3. The minimum absolute atomic E-state index is 0.180. The molecular formula is C12H13FN2O4. The van der Waals surface area contributed by atoms with Gasteiger partial charge in [-0.15, -0.1) is 0 Å². The molecule has 1 aromatic rings. The predicted octanol–water partition coefficient (Wildman–Crippen LogP) is -0.187. The van der Waals surface area contributed by atoms with Gasteiger partial charge in [0.2, 0.25) is 11.8 Å². The largest absolute Gasteiger partial charge is 0.480 e. The summed E-state index contributed by atoms with van der Waals surface area (Å²) in [4.78, 5) is 33.0. The maximum Gasteiger partial charge on any atom is 0.326 e. The molecule has 0 saturated carbocycles. The van der Waals surface area contributed by atoms with Crippen LogP contribution < -0.4 is 11.1 Å². The molecule has 1 rings (SSSR count). The van der Waals surface area contributed by atoms with Crippen molar-refractivity contribution in [2.75, 3.05) is 0 Å². The fourth-order valence-electron chi connectivity index (χ4n) is 1.48. The Balaban J connectivity index is 2.62. The lowest BCUT2D eigenvalue weighted by Crippen LogP contribution is -2.43. The van der Waals surface area contributed by atoms with E-state index in [1.807, 2.05) is 0 Å². The number of carbonyl (C=O) groups is 3. The number of rotatable bonds is 6. The van der Waals surface area contributed by atoms with Crippen LogP contribution in [-0.2, 0) is 20.8 Å². The topological polar surface area (TPSA) is 109 Å². The molecule has 7 heteroatoms. The van der Waals surface area contributed by atoms with E-state index in [-0.39, 0.29) is 6.42 Å². The fraction of sp³-hybridized carbons (Fsp3) is 0.250. The summed E-state index contributed by atoms with van der Waals surface area (Å²) in [6, 6.07) is 4.00. The van der Waals surface area contributed by atoms with Crippen molar-refractivity contribution >= 4 is 17.8 Å². The van der Waals surface area contributed by atoms with Crippen molar-refractivity contribution in [3.8, 4) is 0 Å². The Morgan fingerprint density at radius 3 is 2.58 bits per heavy atom. The zero-order valence-electron chi connectivity index (χ0n) is 9.93. The van der Waals surface area contributed by atoms with Crippen LogP contribution in [0, 0.1) is 5.82 Å². The summed E-state index contributed by atoms with van der Waals surface area (Å²) >= 11 is 0. The number of carbonyl (C=O) groups excluding carboxylic acids is 2. The zero-order valence-corrected chi connectivity index (χ0v) is 9.93. The van der Waals surface area contributed by atoms with Crippen molar-refractivity contribution < 1.29 is 23.9 Å². The summed E-state index contributed by atoms with van der Waals surface area (Å²) in [5.41, 5.74) is 5.28. The molecular weight excluding hydrogens is 255 g/mol. The normalized spacial score (nSPS) is 11.6. The van der Waals surface area contributed by atoms with E-state index in [2.05, 4.69) is 5.32 Å². The van der Waals surface area contributed by atoms with Crippen LogP contribution in [0.3, 0.4) is 0 Å². The molecule has 1 aromatic carbocycles. The standard InChI is InChI=1S/C12H13FN2O4/c13-8-3-1-2-7(4-8)5-11(17)15-9(12(18)19)6-10(14)16/h1-4,9H,5-6H2,(H2,14,16)(H,15,17)(H,18,19)/t9-/m0/s1. The molecule has 1 atom stereocenters. The van der Waals surface area contributed by atoms with Gasteiger partial charge in [0.1, 0.15) is 11.9 Å². The highest BCUT2D eigenvalue weighted by molar-refractivity contribution is 5.88. The van der Waals surface area contributed by atoms with E-state index in [0.717, 1.165) is 0 Å². The maximum absolute atomic E-state index is 12.9. The molecule has 2 amide bonds. The summed E-state index contributed by atoms with van der Waals surface area (Å²) in [7, 11) is 0. The molecule has 0 spiro atoms. The first kappa shape index (κ1) is 14.6. The lowest BCUT2D eigenvalue weighted by molar-refractivity contribution is -0.143. The van der Waals surface area contributed by atoms with Gasteiger partial charge < -0.3 is 16.2 Å². The van der Waals surface area contributed by atoms with Gasteiger partial charge in [-0.05, 0) is 17.7 Å². The smallest absolute Gasteiger partial charge is 0.326 e. The van der Waals surface area contributed by atoms with E-state index in [1.54, 1.807) is 0 Å². The maximum atomic E-state index is 12.9. The Morgan fingerprint density at radius 1 is 1.37 bits per heavy atom. The van der Waals surface area contributed by atoms with E-state index in [9.17, 15) is 18.8 Å². The highest BCUT2D eigenvalue weighted by Crippen LogP contribution is 2.04. The number of carboxylic acid groups (broad SMARTS) is 1. The number of primary amides is 1. The van der Waals surface area contributed by atoms with E-state index in [4.69, 9.17) is 10.8 Å². The van der Waals surface area contributed by atoms with Crippen LogP contribution in [0.2, 0.25) is 0 Å². The second kappa shape index (κ2) is 6.48. The van der Waals surface area contributed by atoms with Gasteiger partial charge in [0.15, 0.2) is 0 Å². The van der Waals surface area contributed by atoms with Gasteiger partial charge in [-0.1, -0.05) is 12.1 Å². The van der Waals surface area contributed by atoms with Crippen LogP contribution in [0.5, 0.6) is 0 Å². The van der Waals surface area contributed by atoms with E-state index >= 15 is 0 Å². The zero-order chi connectivity index (χ0) is 14.4. The molecule has 19 heavy (non-hydrogen) atoms. The third kappa shape index (κ3) is 5.15. The highest BCUT2D eigenvalue weighted by atomic mass is 19.1. The third-order valence-corrected chi connectivity index (χ3v) is 2.29. The van der Waals surface area contributed by atoms with Gasteiger partial charge in [-0.2, -0.15) is 0 Å². The van der Waals surface area contributed by atoms with Crippen LogP contribution in [0.1, 0.15) is 12.0 Å². The van der Waals surface area contributed by atoms with E-state index in [1.165, 1.54) is 24.3 Å². The molecule has 0 aliphatic heterocycles. The van der Waals surface area contributed by atoms with Crippen LogP contribution >= 0.6 is 0 Å². The van der Waals surface area contributed by atoms with Gasteiger partial charge in [-0.25, -0.2) is 9.18 Å². The molecule has 0 heterocycles. The molecule has 0 saturated heterocycles. The van der Waals surface area contributed by atoms with Crippen molar-refractivity contribution in [3.63, 3.8) is 0 Å². The Kier molecular flexibility index (Phi) is 4.99. The number of benzene rings is 1. The van der Waals surface area contributed by atoms with Gasteiger partial charge in [0, 0.05) is 0 Å². The molecule has 0 unspecified atom stereocenters. The van der Waals surface area contributed by atoms with E-state index < -0.39 is 36.1 Å². The monoisotopic (exact) mass is 268 g/mol. The predicted molar refractivity (Wildman–Crippen MR) is 63.5 cm³/mol. The van der Waals surface area contributed by atoms with Crippen molar-refractivity contribution in [2.24, 2.45) is 5.73 Å². The van der Waals surface area contributed by atoms with Crippen molar-refractivity contribution in [3.05, 3.63) is 35.6 Å². The second-order valence-corrected chi connectivity index (χ2v) is 3.94. The highest BCUT2D eigenvalue weighted by Gasteiger charge is 2.22. The van der Waals surface area contributed by atoms with Gasteiger partial charge in [0.25, 0.3) is 0 Å². The molecule has 0 aliphatic rings. The fourth-order valence-corrected chi connectivity index (χ4v) is 1.48.